The van der Waals surface area contributed by atoms with Crippen molar-refractivity contribution in [3.05, 3.63) is 34.4 Å². The zero-order valence-corrected chi connectivity index (χ0v) is 6.99. The van der Waals surface area contributed by atoms with Crippen LogP contribution in [-0.4, -0.2) is 10.5 Å². The van der Waals surface area contributed by atoms with Gasteiger partial charge in [-0.25, -0.2) is 4.99 Å². The summed E-state index contributed by atoms with van der Waals surface area (Å²) in [6.07, 6.45) is 0. The first-order valence-electron chi connectivity index (χ1n) is 3.21. The number of hydrogen-bond acceptors (Lipinski definition) is 2. The molecule has 0 aromatic heterocycles. The van der Waals surface area contributed by atoms with Crippen molar-refractivity contribution in [1.82, 2.24) is 0 Å². The molecule has 0 aliphatic rings. The summed E-state index contributed by atoms with van der Waals surface area (Å²) in [6.45, 7) is 0. The molecule has 0 unspecified atom stereocenters. The van der Waals surface area contributed by atoms with Crippen molar-refractivity contribution in [2.45, 2.75) is 0 Å². The van der Waals surface area contributed by atoms with E-state index >= 15 is 0 Å². The van der Waals surface area contributed by atoms with Gasteiger partial charge in [0.25, 0.3) is 5.69 Å². The minimum atomic E-state index is -0.436. The minimum Gasteiger partial charge on any atom is -0.258 e. The van der Waals surface area contributed by atoms with Crippen molar-refractivity contribution in [2.24, 2.45) is 0 Å². The van der Waals surface area contributed by atoms with Crippen LogP contribution in [0, 0.1) is 10.1 Å². The fourth-order valence-electron chi connectivity index (χ4n) is 0.754. The summed E-state index contributed by atoms with van der Waals surface area (Å²) in [5.74, 6) is 0. The van der Waals surface area contributed by atoms with E-state index in [0.29, 0.717) is 0 Å². The van der Waals surface area contributed by atoms with Crippen molar-refractivity contribution in [1.29, 1.82) is 0 Å². The van der Waals surface area contributed by atoms with E-state index in [2.05, 4.69) is 17.6 Å². The molecule has 4 nitrogen and oxygen atoms in total. The van der Waals surface area contributed by atoms with Gasteiger partial charge in [0.15, 0.2) is 5.55 Å². The molecular weight excluding hydrogens is 176 g/mol. The molecule has 1 rings (SSSR count). The summed E-state index contributed by atoms with van der Waals surface area (Å²) in [5.41, 5.74) is 2.32. The molecule has 0 amide bonds. The topological polar surface area (TPSA) is 57.1 Å². The second kappa shape index (κ2) is 3.87. The maximum atomic E-state index is 10.2. The van der Waals surface area contributed by atoms with Gasteiger partial charge >= 0.3 is 0 Å². The van der Waals surface area contributed by atoms with Crippen LogP contribution < -0.4 is 4.99 Å². The van der Waals surface area contributed by atoms with Gasteiger partial charge in [-0.05, 0) is 0 Å². The number of thiol groups is 1. The van der Waals surface area contributed by atoms with Crippen molar-refractivity contribution in [3.8, 4) is 0 Å². The van der Waals surface area contributed by atoms with E-state index in [-0.39, 0.29) is 5.69 Å². The maximum absolute atomic E-state index is 10.2. The van der Waals surface area contributed by atoms with Crippen molar-refractivity contribution in [2.75, 3.05) is 0 Å². The molecule has 0 aliphatic heterocycles. The van der Waals surface area contributed by atoms with Crippen LogP contribution in [0.25, 0.3) is 0 Å². The first-order valence-corrected chi connectivity index (χ1v) is 3.72. The predicted octanol–water partition coefficient (Wildman–Crippen LogP) is 0.265. The Balaban J connectivity index is 2.93. The van der Waals surface area contributed by atoms with Gasteiger partial charge in [0, 0.05) is 24.3 Å². The maximum Gasteiger partial charge on any atom is 0.269 e. The molecule has 0 saturated heterocycles. The molecule has 0 atom stereocenters. The highest BCUT2D eigenvalue weighted by atomic mass is 32.1. The molecule has 12 heavy (non-hydrogen) atoms. The zero-order valence-electron chi connectivity index (χ0n) is 6.10. The van der Waals surface area contributed by atoms with E-state index < -0.39 is 4.92 Å². The lowest BCUT2D eigenvalue weighted by molar-refractivity contribution is -0.385. The monoisotopic (exact) mass is 183 g/mol. The van der Waals surface area contributed by atoms with Gasteiger partial charge in [-0.2, -0.15) is 0 Å². The van der Waals surface area contributed by atoms with Crippen molar-refractivity contribution < 1.29 is 9.92 Å². The smallest absolute Gasteiger partial charge is 0.258 e. The molecule has 1 aromatic rings. The van der Waals surface area contributed by atoms with E-state index in [0.717, 1.165) is 5.69 Å². The van der Waals surface area contributed by atoms with Crippen LogP contribution in [0.3, 0.4) is 0 Å². The first kappa shape index (κ1) is 8.73. The number of nitro groups is 1. The fraction of sp³-hybridized carbons (Fsp3) is 0. The summed E-state index contributed by atoms with van der Waals surface area (Å²) >= 11 is 3.83. The molecule has 0 aliphatic carbocycles. The van der Waals surface area contributed by atoms with E-state index in [1.54, 1.807) is 12.1 Å². The van der Waals surface area contributed by atoms with Crippen LogP contribution in [0.4, 0.5) is 11.4 Å². The molecule has 0 saturated carbocycles. The van der Waals surface area contributed by atoms with E-state index in [9.17, 15) is 10.1 Å². The highest BCUT2D eigenvalue weighted by molar-refractivity contribution is 7.94. The lowest BCUT2D eigenvalue weighted by atomic mass is 10.3. The van der Waals surface area contributed by atoms with E-state index in [1.807, 2.05) is 0 Å². The van der Waals surface area contributed by atoms with Crippen LogP contribution >= 0.6 is 12.6 Å². The SMILES string of the molecule is O=[N+]([O-])c1ccc([NH+]=CS)cc1. The van der Waals surface area contributed by atoms with Crippen LogP contribution in [0.5, 0.6) is 0 Å². The van der Waals surface area contributed by atoms with Crippen LogP contribution in [0.2, 0.25) is 0 Å². The third kappa shape index (κ3) is 2.06. The predicted molar refractivity (Wildman–Crippen MR) is 48.8 cm³/mol. The molecule has 1 N–H and O–H groups in total. The van der Waals surface area contributed by atoms with Crippen molar-refractivity contribution >= 4 is 29.6 Å². The number of hydrogen-bond donors (Lipinski definition) is 2. The van der Waals surface area contributed by atoms with Gasteiger partial charge in [0.1, 0.15) is 0 Å². The van der Waals surface area contributed by atoms with Gasteiger partial charge in [0.2, 0.25) is 5.69 Å². The molecule has 0 radical (unpaired) electrons. The van der Waals surface area contributed by atoms with E-state index in [4.69, 9.17) is 0 Å². The molecule has 0 bridgehead atoms. The zero-order chi connectivity index (χ0) is 8.97. The van der Waals surface area contributed by atoms with Crippen LogP contribution in [0.15, 0.2) is 24.3 Å². The Hall–Kier alpha value is -1.36. The summed E-state index contributed by atoms with van der Waals surface area (Å²) in [5, 5.41) is 10.2. The lowest BCUT2D eigenvalue weighted by Crippen LogP contribution is -2.60. The second-order valence-electron chi connectivity index (χ2n) is 2.08. The molecule has 62 valence electrons. The molecule has 0 spiro atoms. The van der Waals surface area contributed by atoms with Gasteiger partial charge < -0.3 is 0 Å². The first-order chi connectivity index (χ1) is 5.74. The summed E-state index contributed by atoms with van der Waals surface area (Å²) in [4.78, 5) is 12.6. The summed E-state index contributed by atoms with van der Waals surface area (Å²) < 4.78 is 0. The molecule has 1 aromatic carbocycles. The van der Waals surface area contributed by atoms with Gasteiger partial charge in [-0.3, -0.25) is 10.1 Å². The lowest BCUT2D eigenvalue weighted by Gasteiger charge is -1.87. The quantitative estimate of drug-likeness (QED) is 0.227. The number of nitrogens with zero attached hydrogens (tertiary/aromatic N) is 1. The van der Waals surface area contributed by atoms with Gasteiger partial charge in [0.05, 0.1) is 4.92 Å². The molecule has 0 fully saturated rings. The summed E-state index contributed by atoms with van der Waals surface area (Å²) in [6, 6.07) is 6.09. The number of nitrogens with one attached hydrogen (secondary N) is 1. The third-order valence-corrected chi connectivity index (χ3v) is 1.44. The Morgan fingerprint density at radius 1 is 1.42 bits per heavy atom. The highest BCUT2D eigenvalue weighted by Crippen LogP contribution is 2.11. The largest absolute Gasteiger partial charge is 0.269 e. The second-order valence-corrected chi connectivity index (χ2v) is 2.34. The number of non-ortho nitro benzene ring substituents is 1. The Bertz CT molecular complexity index is 308. The average molecular weight is 183 g/mol. The Morgan fingerprint density at radius 2 is 2.00 bits per heavy atom. The number of nitro benzene ring substituents is 1. The van der Waals surface area contributed by atoms with Crippen LogP contribution in [0.1, 0.15) is 0 Å². The van der Waals surface area contributed by atoms with Crippen molar-refractivity contribution in [3.63, 3.8) is 0 Å². The molecule has 0 heterocycles. The van der Waals surface area contributed by atoms with Gasteiger partial charge in [-0.15, -0.1) is 0 Å². The number of benzene rings is 1. The Labute approximate surface area is 74.5 Å². The molecule has 5 heteroatoms. The summed E-state index contributed by atoms with van der Waals surface area (Å²) in [7, 11) is 0. The average Bonchev–Trinajstić information content (AvgIpc) is 2.06. The van der Waals surface area contributed by atoms with Crippen LogP contribution in [-0.2, 0) is 0 Å². The Kier molecular flexibility index (Phi) is 2.82. The standard InChI is InChI=1S/C7H6N2O2S/c10-9(11)7-3-1-6(2-4-7)8-5-12/h1-5H,(H,8,12)/p+1. The molecular formula is C7H7N2O2S+. The fourth-order valence-corrected chi connectivity index (χ4v) is 0.903. The third-order valence-electron chi connectivity index (χ3n) is 1.31. The minimum absolute atomic E-state index is 0.0831. The normalized spacial score (nSPS) is 10.4. The van der Waals surface area contributed by atoms with E-state index in [1.165, 1.54) is 17.7 Å². The Morgan fingerprint density at radius 3 is 2.42 bits per heavy atom. The van der Waals surface area contributed by atoms with Gasteiger partial charge in [-0.1, -0.05) is 12.6 Å². The highest BCUT2D eigenvalue weighted by Gasteiger charge is 2.04. The number of rotatable bonds is 2.